The Morgan fingerprint density at radius 3 is 2.47 bits per heavy atom. The third kappa shape index (κ3) is 2.68. The van der Waals surface area contributed by atoms with Crippen molar-refractivity contribution in [2.24, 2.45) is 0 Å². The van der Waals surface area contributed by atoms with Gasteiger partial charge < -0.3 is 5.32 Å². The Bertz CT molecular complexity index is 505. The molecule has 0 fully saturated rings. The molecule has 0 bridgehead atoms. The molecule has 0 radical (unpaired) electrons. The van der Waals surface area contributed by atoms with E-state index in [9.17, 15) is 8.78 Å². The topological polar surface area (TPSA) is 24.9 Å². The Morgan fingerprint density at radius 1 is 1.24 bits per heavy atom. The minimum atomic E-state index is -0.585. The number of benzene rings is 1. The van der Waals surface area contributed by atoms with E-state index >= 15 is 0 Å². The lowest BCUT2D eigenvalue weighted by atomic mass is 10.2. The number of halogens is 2. The number of hydrogen-bond acceptors (Lipinski definition) is 3. The Hall–Kier alpha value is -1.33. The standard InChI is InChI=1S/C12H12F2N2S/c1-7(15-2)11-6-16-12(17-11)8-3-9(13)5-10(14)4-8/h3-7,15H,1-2H3. The highest BCUT2D eigenvalue weighted by Crippen LogP contribution is 2.29. The predicted octanol–water partition coefficient (Wildman–Crippen LogP) is 3.37. The van der Waals surface area contributed by atoms with Gasteiger partial charge in [-0.2, -0.15) is 0 Å². The van der Waals surface area contributed by atoms with E-state index in [0.29, 0.717) is 10.6 Å². The molecule has 2 aromatic rings. The zero-order valence-electron chi connectivity index (χ0n) is 9.50. The molecule has 1 unspecified atom stereocenters. The zero-order chi connectivity index (χ0) is 12.4. The summed E-state index contributed by atoms with van der Waals surface area (Å²) in [6.07, 6.45) is 1.73. The van der Waals surface area contributed by atoms with Gasteiger partial charge in [-0.05, 0) is 26.1 Å². The zero-order valence-corrected chi connectivity index (χ0v) is 10.3. The average molecular weight is 254 g/mol. The fourth-order valence-electron chi connectivity index (χ4n) is 1.44. The minimum absolute atomic E-state index is 0.180. The van der Waals surface area contributed by atoms with Crippen molar-refractivity contribution in [3.05, 3.63) is 40.9 Å². The van der Waals surface area contributed by atoms with Crippen molar-refractivity contribution in [2.45, 2.75) is 13.0 Å². The van der Waals surface area contributed by atoms with Crippen LogP contribution in [0, 0.1) is 11.6 Å². The third-order valence-corrected chi connectivity index (χ3v) is 3.72. The fourth-order valence-corrected chi connectivity index (χ4v) is 2.40. The summed E-state index contributed by atoms with van der Waals surface area (Å²) >= 11 is 1.43. The van der Waals surface area contributed by atoms with Crippen LogP contribution in [0.4, 0.5) is 8.78 Å². The first-order valence-electron chi connectivity index (χ1n) is 5.19. The van der Waals surface area contributed by atoms with Gasteiger partial charge in [0.1, 0.15) is 16.6 Å². The normalized spacial score (nSPS) is 12.7. The molecule has 0 saturated carbocycles. The monoisotopic (exact) mass is 254 g/mol. The Labute approximate surface area is 102 Å². The van der Waals surface area contributed by atoms with Crippen LogP contribution in [0.25, 0.3) is 10.6 Å². The highest BCUT2D eigenvalue weighted by atomic mass is 32.1. The van der Waals surface area contributed by atoms with Crippen LogP contribution in [-0.2, 0) is 0 Å². The van der Waals surface area contributed by atoms with Gasteiger partial charge in [-0.1, -0.05) is 0 Å². The van der Waals surface area contributed by atoms with Gasteiger partial charge in [-0.15, -0.1) is 11.3 Å². The molecular weight excluding hydrogens is 242 g/mol. The SMILES string of the molecule is CNC(C)c1cnc(-c2cc(F)cc(F)c2)s1. The third-order valence-electron chi connectivity index (χ3n) is 2.49. The van der Waals surface area contributed by atoms with E-state index in [1.807, 2.05) is 14.0 Å². The molecule has 1 aromatic heterocycles. The largest absolute Gasteiger partial charge is 0.312 e. The maximum absolute atomic E-state index is 13.1. The molecule has 0 amide bonds. The molecule has 1 heterocycles. The lowest BCUT2D eigenvalue weighted by Gasteiger charge is -2.04. The van der Waals surface area contributed by atoms with Gasteiger partial charge in [0.2, 0.25) is 0 Å². The van der Waals surface area contributed by atoms with Gasteiger partial charge in [0.05, 0.1) is 0 Å². The van der Waals surface area contributed by atoms with Crippen molar-refractivity contribution >= 4 is 11.3 Å². The number of nitrogens with one attached hydrogen (secondary N) is 1. The summed E-state index contributed by atoms with van der Waals surface area (Å²) in [5, 5.41) is 3.72. The Morgan fingerprint density at radius 2 is 1.88 bits per heavy atom. The molecule has 0 aliphatic carbocycles. The molecule has 1 atom stereocenters. The molecule has 1 N–H and O–H groups in total. The van der Waals surface area contributed by atoms with E-state index < -0.39 is 11.6 Å². The van der Waals surface area contributed by atoms with Crippen molar-refractivity contribution in [3.63, 3.8) is 0 Å². The van der Waals surface area contributed by atoms with E-state index in [4.69, 9.17) is 0 Å². The van der Waals surface area contributed by atoms with Crippen LogP contribution in [-0.4, -0.2) is 12.0 Å². The van der Waals surface area contributed by atoms with Crippen LogP contribution in [0.15, 0.2) is 24.4 Å². The Balaban J connectivity index is 2.36. The van der Waals surface area contributed by atoms with Crippen molar-refractivity contribution < 1.29 is 8.78 Å². The fraction of sp³-hybridized carbons (Fsp3) is 0.250. The number of thiazole rings is 1. The van der Waals surface area contributed by atoms with Crippen molar-refractivity contribution in [1.82, 2.24) is 10.3 Å². The number of aromatic nitrogens is 1. The first kappa shape index (κ1) is 12.1. The van der Waals surface area contributed by atoms with Crippen LogP contribution in [0.1, 0.15) is 17.8 Å². The second-order valence-corrected chi connectivity index (χ2v) is 4.80. The van der Waals surface area contributed by atoms with Crippen LogP contribution in [0.2, 0.25) is 0 Å². The van der Waals surface area contributed by atoms with Gasteiger partial charge in [0, 0.05) is 28.7 Å². The van der Waals surface area contributed by atoms with Gasteiger partial charge in [0.15, 0.2) is 0 Å². The molecule has 17 heavy (non-hydrogen) atoms. The molecule has 0 saturated heterocycles. The lowest BCUT2D eigenvalue weighted by Crippen LogP contribution is -2.10. The van der Waals surface area contributed by atoms with Crippen molar-refractivity contribution in [3.8, 4) is 10.6 Å². The van der Waals surface area contributed by atoms with Gasteiger partial charge in [0.25, 0.3) is 0 Å². The maximum atomic E-state index is 13.1. The molecule has 5 heteroatoms. The summed E-state index contributed by atoms with van der Waals surface area (Å²) in [7, 11) is 1.85. The Kier molecular flexibility index (Phi) is 3.49. The molecule has 2 nitrogen and oxygen atoms in total. The first-order chi connectivity index (χ1) is 8.10. The molecule has 0 aliphatic heterocycles. The van der Waals surface area contributed by atoms with Crippen molar-refractivity contribution in [2.75, 3.05) is 7.05 Å². The average Bonchev–Trinajstić information content (AvgIpc) is 2.76. The van der Waals surface area contributed by atoms with E-state index in [2.05, 4.69) is 10.3 Å². The second-order valence-electron chi connectivity index (χ2n) is 3.74. The van der Waals surface area contributed by atoms with Gasteiger partial charge in [-0.3, -0.25) is 0 Å². The first-order valence-corrected chi connectivity index (χ1v) is 6.01. The molecule has 2 rings (SSSR count). The molecule has 0 aliphatic rings. The van der Waals surface area contributed by atoms with Crippen molar-refractivity contribution in [1.29, 1.82) is 0 Å². The molecule has 90 valence electrons. The summed E-state index contributed by atoms with van der Waals surface area (Å²) in [6.45, 7) is 2.00. The van der Waals surface area contributed by atoms with E-state index in [0.717, 1.165) is 10.9 Å². The van der Waals surface area contributed by atoms with E-state index in [-0.39, 0.29) is 6.04 Å². The van der Waals surface area contributed by atoms with Crippen LogP contribution in [0.3, 0.4) is 0 Å². The smallest absolute Gasteiger partial charge is 0.126 e. The summed E-state index contributed by atoms with van der Waals surface area (Å²) in [5.74, 6) is -1.17. The molecular formula is C12H12F2N2S. The molecule has 1 aromatic carbocycles. The van der Waals surface area contributed by atoms with Gasteiger partial charge >= 0.3 is 0 Å². The number of hydrogen-bond donors (Lipinski definition) is 1. The minimum Gasteiger partial charge on any atom is -0.312 e. The number of rotatable bonds is 3. The van der Waals surface area contributed by atoms with E-state index in [1.54, 1.807) is 6.20 Å². The summed E-state index contributed by atoms with van der Waals surface area (Å²) in [5.41, 5.74) is 0.474. The summed E-state index contributed by atoms with van der Waals surface area (Å²) in [6, 6.07) is 3.61. The summed E-state index contributed by atoms with van der Waals surface area (Å²) in [4.78, 5) is 5.22. The lowest BCUT2D eigenvalue weighted by molar-refractivity contribution is 0.584. The van der Waals surface area contributed by atoms with Gasteiger partial charge in [-0.25, -0.2) is 13.8 Å². The van der Waals surface area contributed by atoms with Crippen LogP contribution in [0.5, 0.6) is 0 Å². The van der Waals surface area contributed by atoms with Crippen LogP contribution < -0.4 is 5.32 Å². The summed E-state index contributed by atoms with van der Waals surface area (Å²) < 4.78 is 26.1. The highest BCUT2D eigenvalue weighted by Gasteiger charge is 2.10. The van der Waals surface area contributed by atoms with E-state index in [1.165, 1.54) is 23.5 Å². The highest BCUT2D eigenvalue weighted by molar-refractivity contribution is 7.15. The maximum Gasteiger partial charge on any atom is 0.126 e. The molecule has 0 spiro atoms. The predicted molar refractivity (Wildman–Crippen MR) is 64.9 cm³/mol. The quantitative estimate of drug-likeness (QED) is 0.908. The second kappa shape index (κ2) is 4.89. The number of nitrogens with zero attached hydrogens (tertiary/aromatic N) is 1. The van der Waals surface area contributed by atoms with Crippen LogP contribution >= 0.6 is 11.3 Å².